The molecular weight excluding hydrogens is 236 g/mol. The highest BCUT2D eigenvalue weighted by Gasteiger charge is 2.36. The molecule has 0 fully saturated rings. The molecule has 1 heterocycles. The van der Waals surface area contributed by atoms with Gasteiger partial charge in [-0.05, 0) is 42.5 Å². The number of benzene rings is 1. The molecule has 1 unspecified atom stereocenters. The van der Waals surface area contributed by atoms with E-state index in [9.17, 15) is 5.11 Å². The summed E-state index contributed by atoms with van der Waals surface area (Å²) in [4.78, 5) is 4.13. The van der Waals surface area contributed by atoms with Crippen LogP contribution in [0.15, 0.2) is 36.5 Å². The van der Waals surface area contributed by atoms with Gasteiger partial charge in [-0.2, -0.15) is 0 Å². The van der Waals surface area contributed by atoms with Gasteiger partial charge in [-0.3, -0.25) is 0 Å². The summed E-state index contributed by atoms with van der Waals surface area (Å²) in [5.41, 5.74) is 9.43. The molecule has 3 rings (SSSR count). The Morgan fingerprint density at radius 2 is 1.95 bits per heavy atom. The van der Waals surface area contributed by atoms with Gasteiger partial charge in [0.05, 0.1) is 5.60 Å². The van der Waals surface area contributed by atoms with E-state index in [1.54, 1.807) is 6.20 Å². The molecule has 0 bridgehead atoms. The van der Waals surface area contributed by atoms with E-state index in [-0.39, 0.29) is 0 Å². The molecule has 0 aliphatic heterocycles. The zero-order valence-electron chi connectivity index (χ0n) is 11.1. The number of anilines is 1. The minimum Gasteiger partial charge on any atom is -0.385 e. The normalized spacial score (nSPS) is 22.0. The van der Waals surface area contributed by atoms with Gasteiger partial charge in [0.1, 0.15) is 5.82 Å². The van der Waals surface area contributed by atoms with Crippen LogP contribution in [-0.4, -0.2) is 10.1 Å². The Morgan fingerprint density at radius 1 is 1.21 bits per heavy atom. The molecule has 1 atom stereocenters. The Kier molecular flexibility index (Phi) is 2.79. The summed E-state index contributed by atoms with van der Waals surface area (Å²) < 4.78 is 0. The molecule has 0 saturated heterocycles. The Morgan fingerprint density at radius 3 is 2.68 bits per heavy atom. The van der Waals surface area contributed by atoms with Gasteiger partial charge in [0, 0.05) is 18.2 Å². The summed E-state index contributed by atoms with van der Waals surface area (Å²) in [7, 11) is 0. The van der Waals surface area contributed by atoms with E-state index in [1.165, 1.54) is 11.1 Å². The number of aliphatic hydroxyl groups is 1. The molecule has 19 heavy (non-hydrogen) atoms. The summed E-state index contributed by atoms with van der Waals surface area (Å²) in [6.07, 6.45) is 3.87. The molecule has 0 amide bonds. The van der Waals surface area contributed by atoms with Gasteiger partial charge in [0.2, 0.25) is 0 Å². The number of hydrogen-bond donors (Lipinski definition) is 2. The van der Waals surface area contributed by atoms with E-state index < -0.39 is 5.60 Å². The summed E-state index contributed by atoms with van der Waals surface area (Å²) in [5, 5.41) is 11.0. The minimum absolute atomic E-state index is 0.446. The lowest BCUT2D eigenvalue weighted by molar-refractivity contribution is 0.0221. The van der Waals surface area contributed by atoms with Crippen molar-refractivity contribution < 1.29 is 5.11 Å². The number of nitrogens with two attached hydrogens (primary N) is 1. The van der Waals surface area contributed by atoms with Crippen LogP contribution in [0.4, 0.5) is 5.82 Å². The number of hydrogen-bond acceptors (Lipinski definition) is 3. The highest BCUT2D eigenvalue weighted by Crippen LogP contribution is 2.39. The van der Waals surface area contributed by atoms with E-state index in [0.29, 0.717) is 18.7 Å². The monoisotopic (exact) mass is 254 g/mol. The van der Waals surface area contributed by atoms with Crippen molar-refractivity contribution in [3.63, 3.8) is 0 Å². The smallest absolute Gasteiger partial charge is 0.129 e. The molecule has 3 heteroatoms. The Labute approximate surface area is 113 Å². The lowest BCUT2D eigenvalue weighted by Gasteiger charge is -2.35. The first-order valence-electron chi connectivity index (χ1n) is 6.61. The first-order valence-corrected chi connectivity index (χ1v) is 6.61. The van der Waals surface area contributed by atoms with Crippen LogP contribution in [-0.2, 0) is 18.4 Å². The standard InChI is InChI=1S/C16H18N2O/c1-11-7-9-18-15(17)14(11)16(19)8-6-12-4-2-3-5-13(12)10-16/h2-5,7,9,19H,6,8,10H2,1H3,(H2,17,18). The Hall–Kier alpha value is -1.87. The number of aryl methyl sites for hydroxylation is 2. The maximum absolute atomic E-state index is 11.0. The molecule has 3 nitrogen and oxygen atoms in total. The third kappa shape index (κ3) is 2.00. The van der Waals surface area contributed by atoms with Crippen LogP contribution in [0, 0.1) is 6.92 Å². The predicted octanol–water partition coefficient (Wildman–Crippen LogP) is 2.35. The van der Waals surface area contributed by atoms with Gasteiger partial charge in [-0.15, -0.1) is 0 Å². The van der Waals surface area contributed by atoms with Gasteiger partial charge >= 0.3 is 0 Å². The molecule has 98 valence electrons. The fourth-order valence-corrected chi connectivity index (χ4v) is 3.12. The first kappa shape index (κ1) is 12.2. The summed E-state index contributed by atoms with van der Waals surface area (Å²) in [6, 6.07) is 10.2. The van der Waals surface area contributed by atoms with Crippen LogP contribution in [0.2, 0.25) is 0 Å². The molecule has 0 saturated carbocycles. The quantitative estimate of drug-likeness (QED) is 0.821. The highest BCUT2D eigenvalue weighted by molar-refractivity contribution is 5.50. The summed E-state index contributed by atoms with van der Waals surface area (Å²) in [5.74, 6) is 0.446. The zero-order chi connectivity index (χ0) is 13.5. The van der Waals surface area contributed by atoms with Gasteiger partial charge in [-0.1, -0.05) is 24.3 Å². The average Bonchev–Trinajstić information content (AvgIpc) is 2.38. The zero-order valence-corrected chi connectivity index (χ0v) is 11.1. The van der Waals surface area contributed by atoms with Crippen LogP contribution in [0.25, 0.3) is 0 Å². The molecule has 3 N–H and O–H groups in total. The van der Waals surface area contributed by atoms with Gasteiger partial charge in [-0.25, -0.2) is 4.98 Å². The third-order valence-corrected chi connectivity index (χ3v) is 4.06. The van der Waals surface area contributed by atoms with Crippen LogP contribution >= 0.6 is 0 Å². The minimum atomic E-state index is -0.892. The molecule has 1 aliphatic rings. The maximum Gasteiger partial charge on any atom is 0.129 e. The Balaban J connectivity index is 2.07. The summed E-state index contributed by atoms with van der Waals surface area (Å²) in [6.45, 7) is 1.98. The predicted molar refractivity (Wildman–Crippen MR) is 75.8 cm³/mol. The number of nitrogens with zero attached hydrogens (tertiary/aromatic N) is 1. The number of nitrogen functional groups attached to an aromatic ring is 1. The fraction of sp³-hybridized carbons (Fsp3) is 0.312. The lowest BCUT2D eigenvalue weighted by Crippen LogP contribution is -2.35. The van der Waals surface area contributed by atoms with Crippen LogP contribution < -0.4 is 5.73 Å². The van der Waals surface area contributed by atoms with E-state index in [4.69, 9.17) is 5.73 Å². The molecule has 0 radical (unpaired) electrons. The molecule has 1 aromatic heterocycles. The van der Waals surface area contributed by atoms with Crippen molar-refractivity contribution >= 4 is 5.82 Å². The average molecular weight is 254 g/mol. The molecule has 1 aliphatic carbocycles. The Bertz CT molecular complexity index is 604. The van der Waals surface area contributed by atoms with Crippen molar-refractivity contribution in [1.29, 1.82) is 0 Å². The SMILES string of the molecule is Cc1ccnc(N)c1C1(O)CCc2ccccc2C1. The van der Waals surface area contributed by atoms with Crippen molar-refractivity contribution in [3.05, 3.63) is 58.8 Å². The van der Waals surface area contributed by atoms with Crippen LogP contribution in [0.3, 0.4) is 0 Å². The highest BCUT2D eigenvalue weighted by atomic mass is 16.3. The molecule has 2 aromatic rings. The third-order valence-electron chi connectivity index (χ3n) is 4.06. The van der Waals surface area contributed by atoms with Gasteiger partial charge < -0.3 is 10.8 Å². The van der Waals surface area contributed by atoms with E-state index >= 15 is 0 Å². The number of pyridine rings is 1. The number of fused-ring (bicyclic) bond motifs is 1. The van der Waals surface area contributed by atoms with E-state index in [0.717, 1.165) is 17.5 Å². The second kappa shape index (κ2) is 4.35. The van der Waals surface area contributed by atoms with Gasteiger partial charge in [0.25, 0.3) is 0 Å². The van der Waals surface area contributed by atoms with E-state index in [1.807, 2.05) is 25.1 Å². The number of aromatic nitrogens is 1. The van der Waals surface area contributed by atoms with Crippen LogP contribution in [0.1, 0.15) is 28.7 Å². The summed E-state index contributed by atoms with van der Waals surface area (Å²) >= 11 is 0. The molecule has 1 aromatic carbocycles. The first-order chi connectivity index (χ1) is 9.10. The van der Waals surface area contributed by atoms with Crippen molar-refractivity contribution in [2.45, 2.75) is 31.8 Å². The molecule has 0 spiro atoms. The van der Waals surface area contributed by atoms with Crippen molar-refractivity contribution in [3.8, 4) is 0 Å². The van der Waals surface area contributed by atoms with Crippen molar-refractivity contribution in [2.24, 2.45) is 0 Å². The topological polar surface area (TPSA) is 59.1 Å². The van der Waals surface area contributed by atoms with Gasteiger partial charge in [0.15, 0.2) is 0 Å². The van der Waals surface area contributed by atoms with E-state index in [2.05, 4.69) is 17.1 Å². The second-order valence-electron chi connectivity index (χ2n) is 5.37. The van der Waals surface area contributed by atoms with Crippen molar-refractivity contribution in [2.75, 3.05) is 5.73 Å². The number of rotatable bonds is 1. The second-order valence-corrected chi connectivity index (χ2v) is 5.37. The lowest BCUT2D eigenvalue weighted by atomic mass is 9.75. The molecular formula is C16H18N2O. The maximum atomic E-state index is 11.0. The van der Waals surface area contributed by atoms with Crippen LogP contribution in [0.5, 0.6) is 0 Å². The largest absolute Gasteiger partial charge is 0.385 e. The van der Waals surface area contributed by atoms with Crippen molar-refractivity contribution in [1.82, 2.24) is 4.98 Å². The fourth-order valence-electron chi connectivity index (χ4n) is 3.12.